The number of nitrogens with one attached hydrogen (secondary N) is 1. The first-order valence-corrected chi connectivity index (χ1v) is 8.48. The minimum Gasteiger partial charge on any atom is -0.165 e. The average molecular weight is 324 g/mol. The van der Waals surface area contributed by atoms with Gasteiger partial charge in [0.15, 0.2) is 11.2 Å². The molecule has 25 heavy (non-hydrogen) atoms. The Morgan fingerprint density at radius 3 is 2.28 bits per heavy atom. The molecule has 5 aromatic rings. The third-order valence-electron chi connectivity index (χ3n) is 4.71. The third-order valence-corrected chi connectivity index (χ3v) is 4.71. The van der Waals surface area contributed by atoms with E-state index in [0.29, 0.717) is 0 Å². The first-order valence-electron chi connectivity index (χ1n) is 8.48. The maximum absolute atomic E-state index is 3.53. The number of fused-ring (bicyclic) bond motifs is 3. The van der Waals surface area contributed by atoms with Crippen LogP contribution < -0.4 is 4.52 Å². The summed E-state index contributed by atoms with van der Waals surface area (Å²) in [6.45, 7) is 2.12. The summed E-state index contributed by atoms with van der Waals surface area (Å²) in [7, 11) is 0. The highest BCUT2D eigenvalue weighted by Gasteiger charge is 2.22. The summed E-state index contributed by atoms with van der Waals surface area (Å²) in [5.41, 5.74) is 8.27. The van der Waals surface area contributed by atoms with Crippen molar-refractivity contribution in [2.24, 2.45) is 0 Å². The van der Waals surface area contributed by atoms with Gasteiger partial charge in [-0.3, -0.25) is 0 Å². The van der Waals surface area contributed by atoms with E-state index in [1.54, 1.807) is 0 Å². The molecule has 0 aliphatic rings. The van der Waals surface area contributed by atoms with Crippen molar-refractivity contribution in [1.82, 2.24) is 9.73 Å². The third kappa shape index (κ3) is 2.17. The number of aryl methyl sites for hydroxylation is 1. The van der Waals surface area contributed by atoms with Gasteiger partial charge in [-0.05, 0) is 23.7 Å². The lowest BCUT2D eigenvalue weighted by molar-refractivity contribution is -0.580. The Labute approximate surface area is 145 Å². The van der Waals surface area contributed by atoms with E-state index in [1.165, 1.54) is 27.9 Å². The topological polar surface area (TPSA) is 24.3 Å². The molecule has 2 heterocycles. The van der Waals surface area contributed by atoms with Gasteiger partial charge in [0.25, 0.3) is 0 Å². The quantitative estimate of drug-likeness (QED) is 0.457. The van der Waals surface area contributed by atoms with Crippen molar-refractivity contribution in [2.75, 3.05) is 0 Å². The van der Waals surface area contributed by atoms with Crippen molar-refractivity contribution in [3.05, 3.63) is 90.5 Å². The lowest BCUT2D eigenvalue weighted by Gasteiger charge is -1.97. The molecule has 120 valence electrons. The maximum atomic E-state index is 3.53. The van der Waals surface area contributed by atoms with E-state index in [2.05, 4.69) is 106 Å². The predicted octanol–water partition coefficient (Wildman–Crippen LogP) is 4.65. The van der Waals surface area contributed by atoms with Gasteiger partial charge < -0.3 is 0 Å². The van der Waals surface area contributed by atoms with Crippen molar-refractivity contribution < 1.29 is 4.52 Å². The highest BCUT2D eigenvalue weighted by atomic mass is 15.5. The van der Waals surface area contributed by atoms with Gasteiger partial charge in [-0.25, -0.2) is 0 Å². The second-order valence-electron chi connectivity index (χ2n) is 6.40. The van der Waals surface area contributed by atoms with E-state index < -0.39 is 0 Å². The van der Waals surface area contributed by atoms with Crippen molar-refractivity contribution in [1.29, 1.82) is 0 Å². The second-order valence-corrected chi connectivity index (χ2v) is 6.40. The van der Waals surface area contributed by atoms with E-state index in [1.807, 2.05) is 0 Å². The summed E-state index contributed by atoms with van der Waals surface area (Å²) in [5.74, 6) is 0. The van der Waals surface area contributed by atoms with Gasteiger partial charge in [0.2, 0.25) is 5.52 Å². The largest absolute Gasteiger partial charge is 0.202 e. The smallest absolute Gasteiger partial charge is 0.165 e. The summed E-state index contributed by atoms with van der Waals surface area (Å²) in [6, 6.07) is 29.9. The fourth-order valence-electron chi connectivity index (χ4n) is 3.43. The maximum Gasteiger partial charge on any atom is 0.202 e. The van der Waals surface area contributed by atoms with Crippen LogP contribution in [0.2, 0.25) is 0 Å². The van der Waals surface area contributed by atoms with E-state index in [4.69, 9.17) is 0 Å². The first-order chi connectivity index (χ1) is 12.3. The molecule has 0 bridgehead atoms. The monoisotopic (exact) mass is 324 g/mol. The standard InChI is InChI=1S/C22H18N3/c1-16-11-13-18(14-12-16)22-15-21(17-7-3-2-4-8-17)24-20-10-6-5-9-19(20)23-25(22)24/h2-15,23H,1H3/q+1. The molecule has 0 aliphatic heterocycles. The van der Waals surface area contributed by atoms with Gasteiger partial charge in [0, 0.05) is 17.2 Å². The Kier molecular flexibility index (Phi) is 3.01. The zero-order chi connectivity index (χ0) is 16.8. The molecule has 0 unspecified atom stereocenters. The van der Waals surface area contributed by atoms with E-state index in [9.17, 15) is 0 Å². The molecule has 3 aromatic carbocycles. The minimum absolute atomic E-state index is 1.12. The summed E-state index contributed by atoms with van der Waals surface area (Å²) >= 11 is 0. The number of aromatic nitrogens is 3. The van der Waals surface area contributed by atoms with Crippen molar-refractivity contribution in [2.45, 2.75) is 6.92 Å². The average Bonchev–Trinajstić information content (AvgIpc) is 3.21. The van der Waals surface area contributed by atoms with Crippen molar-refractivity contribution >= 4 is 11.0 Å². The molecule has 0 atom stereocenters. The lowest BCUT2D eigenvalue weighted by Crippen LogP contribution is -2.28. The van der Waals surface area contributed by atoms with Crippen LogP contribution >= 0.6 is 0 Å². The second kappa shape index (κ2) is 5.35. The Morgan fingerprint density at radius 1 is 0.760 bits per heavy atom. The Balaban J connectivity index is 1.89. The normalized spacial score (nSPS) is 11.4. The predicted molar refractivity (Wildman–Crippen MR) is 101 cm³/mol. The number of benzene rings is 3. The molecule has 0 spiro atoms. The minimum atomic E-state index is 1.12. The van der Waals surface area contributed by atoms with Gasteiger partial charge in [-0.2, -0.15) is 5.10 Å². The van der Waals surface area contributed by atoms with Crippen LogP contribution in [0, 0.1) is 6.92 Å². The van der Waals surface area contributed by atoms with Gasteiger partial charge in [0.1, 0.15) is 5.69 Å². The SMILES string of the molecule is Cc1ccc(-c2cc(-c3ccccc3)[n+]3c4ccccc4[nH]n23)cc1. The Morgan fingerprint density at radius 2 is 1.48 bits per heavy atom. The molecular formula is C22H18N3+. The van der Waals surface area contributed by atoms with Crippen LogP contribution in [0.25, 0.3) is 33.5 Å². The van der Waals surface area contributed by atoms with E-state index in [-0.39, 0.29) is 0 Å². The molecule has 0 saturated carbocycles. The van der Waals surface area contributed by atoms with Crippen molar-refractivity contribution in [3.8, 4) is 22.5 Å². The fourth-order valence-corrected chi connectivity index (χ4v) is 3.43. The molecule has 0 fully saturated rings. The molecule has 0 radical (unpaired) electrons. The highest BCUT2D eigenvalue weighted by Crippen LogP contribution is 2.26. The van der Waals surface area contributed by atoms with Crippen LogP contribution in [0.5, 0.6) is 0 Å². The number of H-pyrrole nitrogens is 1. The number of para-hydroxylation sites is 2. The fraction of sp³-hybridized carbons (Fsp3) is 0.0455. The van der Waals surface area contributed by atoms with Crippen LogP contribution in [0.15, 0.2) is 84.9 Å². The van der Waals surface area contributed by atoms with Crippen LogP contribution in [0.1, 0.15) is 5.56 Å². The summed E-state index contributed by atoms with van der Waals surface area (Å²) < 4.78 is 4.39. The number of rotatable bonds is 2. The van der Waals surface area contributed by atoms with Crippen molar-refractivity contribution in [3.63, 3.8) is 0 Å². The molecule has 0 amide bonds. The highest BCUT2D eigenvalue weighted by molar-refractivity contribution is 5.74. The summed E-state index contributed by atoms with van der Waals surface area (Å²) in [6.07, 6.45) is 0. The van der Waals surface area contributed by atoms with Gasteiger partial charge in [-0.15, -0.1) is 4.52 Å². The number of hydrogen-bond donors (Lipinski definition) is 1. The van der Waals surface area contributed by atoms with Crippen LogP contribution in [-0.2, 0) is 0 Å². The molecule has 5 rings (SSSR count). The van der Waals surface area contributed by atoms with E-state index in [0.717, 1.165) is 11.2 Å². The van der Waals surface area contributed by atoms with Crippen LogP contribution in [0.4, 0.5) is 0 Å². The van der Waals surface area contributed by atoms with Gasteiger partial charge in [0.05, 0.1) is 0 Å². The molecule has 0 saturated heterocycles. The summed E-state index contributed by atoms with van der Waals surface area (Å²) in [4.78, 5) is 0. The van der Waals surface area contributed by atoms with Gasteiger partial charge >= 0.3 is 0 Å². The Hall–Kier alpha value is -3.33. The molecule has 1 N–H and O–H groups in total. The molecular weight excluding hydrogens is 306 g/mol. The number of aromatic amines is 1. The Bertz CT molecular complexity index is 1180. The first kappa shape index (κ1) is 14.1. The zero-order valence-corrected chi connectivity index (χ0v) is 14.0. The molecule has 3 heteroatoms. The molecule has 0 aliphatic carbocycles. The van der Waals surface area contributed by atoms with E-state index >= 15 is 0 Å². The molecule has 2 aromatic heterocycles. The summed E-state index contributed by atoms with van der Waals surface area (Å²) in [5, 5.41) is 3.53. The van der Waals surface area contributed by atoms with Crippen LogP contribution in [0.3, 0.4) is 0 Å². The lowest BCUT2D eigenvalue weighted by atomic mass is 10.1. The van der Waals surface area contributed by atoms with Gasteiger partial charge in [-0.1, -0.05) is 72.3 Å². The number of nitrogens with zero attached hydrogens (tertiary/aromatic N) is 2. The van der Waals surface area contributed by atoms with Crippen LogP contribution in [-0.4, -0.2) is 9.73 Å². The molecule has 3 nitrogen and oxygen atoms in total. The number of hydrogen-bond acceptors (Lipinski definition) is 0. The zero-order valence-electron chi connectivity index (χ0n) is 14.0.